The van der Waals surface area contributed by atoms with Gasteiger partial charge in [-0.3, -0.25) is 0 Å². The largest absolute Gasteiger partial charge is 0.358 e. The quantitative estimate of drug-likeness (QED) is 0.492. The fourth-order valence-corrected chi connectivity index (χ4v) is 1.54. The lowest BCUT2D eigenvalue weighted by molar-refractivity contribution is -0.390. The number of hydrogen-bond donors (Lipinski definition) is 0. The van der Waals surface area contributed by atoms with Crippen molar-refractivity contribution in [3.8, 4) is 0 Å². The second-order valence-corrected chi connectivity index (χ2v) is 4.04. The predicted molar refractivity (Wildman–Crippen MR) is 41.3 cm³/mol. The molecule has 0 radical (unpaired) electrons. The van der Waals surface area contributed by atoms with Crippen LogP contribution in [0, 0.1) is 10.1 Å². The smallest absolute Gasteiger partial charge is 0.338 e. The third kappa shape index (κ3) is 1.45. The zero-order valence-corrected chi connectivity index (χ0v) is 6.98. The molecule has 1 rings (SSSR count). The summed E-state index contributed by atoms with van der Waals surface area (Å²) in [5.74, 6) is -0.447. The van der Waals surface area contributed by atoms with E-state index >= 15 is 0 Å². The van der Waals surface area contributed by atoms with Crippen LogP contribution in [0.25, 0.3) is 0 Å². The average Bonchev–Trinajstić information content (AvgIpc) is 2.30. The van der Waals surface area contributed by atoms with E-state index in [1.54, 1.807) is 0 Å². The number of nitro groups is 1. The zero-order valence-electron chi connectivity index (χ0n) is 6.17. The summed E-state index contributed by atoms with van der Waals surface area (Å²) >= 11 is 0. The predicted octanol–water partition coefficient (Wildman–Crippen LogP) is 0.204. The molecule has 0 aliphatic carbocycles. The standard InChI is InChI=1S/C5H6N2O4S/c1-12(10,11)6-4-2-3-5(6)7(8)9/h2-4H,1H3. The maximum absolute atomic E-state index is 10.9. The molecule has 0 saturated carbocycles. The highest BCUT2D eigenvalue weighted by molar-refractivity contribution is 7.89. The van der Waals surface area contributed by atoms with Crippen LogP contribution in [0.4, 0.5) is 5.82 Å². The molecule has 7 heteroatoms. The Morgan fingerprint density at radius 2 is 2.17 bits per heavy atom. The number of hydrogen-bond acceptors (Lipinski definition) is 4. The SMILES string of the molecule is CS(=O)(=O)n1cccc1[N+](=O)[O-]. The molecule has 0 atom stereocenters. The van der Waals surface area contributed by atoms with E-state index in [-0.39, 0.29) is 0 Å². The van der Waals surface area contributed by atoms with Crippen molar-refractivity contribution in [3.63, 3.8) is 0 Å². The minimum Gasteiger partial charge on any atom is -0.358 e. The van der Waals surface area contributed by atoms with Crippen LogP contribution in [0.1, 0.15) is 0 Å². The van der Waals surface area contributed by atoms with Crippen LogP contribution in [0.5, 0.6) is 0 Å². The summed E-state index contributed by atoms with van der Waals surface area (Å²) in [6.45, 7) is 0. The van der Waals surface area contributed by atoms with E-state index in [9.17, 15) is 18.5 Å². The van der Waals surface area contributed by atoms with Crippen molar-refractivity contribution in [1.29, 1.82) is 0 Å². The van der Waals surface area contributed by atoms with Gasteiger partial charge in [0.05, 0.1) is 6.26 Å². The molecule has 1 aromatic rings. The van der Waals surface area contributed by atoms with Crippen molar-refractivity contribution in [3.05, 3.63) is 28.4 Å². The van der Waals surface area contributed by atoms with E-state index in [0.717, 1.165) is 18.5 Å². The minimum absolute atomic E-state index is 0.447. The fourth-order valence-electron chi connectivity index (χ4n) is 0.779. The average molecular weight is 190 g/mol. The molecule has 0 aromatic carbocycles. The Hall–Kier alpha value is -1.37. The molecule has 0 unspecified atom stereocenters. The summed E-state index contributed by atoms with van der Waals surface area (Å²) in [4.78, 5) is 9.50. The van der Waals surface area contributed by atoms with E-state index < -0.39 is 20.8 Å². The molecule has 0 bridgehead atoms. The van der Waals surface area contributed by atoms with Gasteiger partial charge in [0.1, 0.15) is 6.20 Å². The van der Waals surface area contributed by atoms with E-state index in [4.69, 9.17) is 0 Å². The molecule has 6 nitrogen and oxygen atoms in total. The summed E-state index contributed by atoms with van der Waals surface area (Å²) in [5.41, 5.74) is 0. The number of aromatic nitrogens is 1. The van der Waals surface area contributed by atoms with E-state index in [1.807, 2.05) is 0 Å². The van der Waals surface area contributed by atoms with Crippen molar-refractivity contribution in [2.24, 2.45) is 0 Å². The second kappa shape index (κ2) is 2.59. The molecule has 0 aliphatic heterocycles. The normalized spacial score (nSPS) is 11.4. The summed E-state index contributed by atoms with van der Waals surface area (Å²) in [5, 5.41) is 10.2. The molecule has 12 heavy (non-hydrogen) atoms. The molecule has 0 N–H and O–H groups in total. The van der Waals surface area contributed by atoms with Gasteiger partial charge in [-0.25, -0.2) is 0 Å². The van der Waals surface area contributed by atoms with Crippen LogP contribution >= 0.6 is 0 Å². The monoisotopic (exact) mass is 190 g/mol. The van der Waals surface area contributed by atoms with Gasteiger partial charge >= 0.3 is 15.8 Å². The first kappa shape index (κ1) is 8.72. The van der Waals surface area contributed by atoms with Gasteiger partial charge in [0.15, 0.2) is 0 Å². The van der Waals surface area contributed by atoms with Crippen LogP contribution in [-0.4, -0.2) is 23.6 Å². The van der Waals surface area contributed by atoms with Crippen LogP contribution in [0.3, 0.4) is 0 Å². The Morgan fingerprint density at radius 3 is 2.50 bits per heavy atom. The van der Waals surface area contributed by atoms with E-state index in [0.29, 0.717) is 3.97 Å². The highest BCUT2D eigenvalue weighted by Gasteiger charge is 2.19. The van der Waals surface area contributed by atoms with Crippen LogP contribution in [0.15, 0.2) is 18.3 Å². The first-order chi connectivity index (χ1) is 5.43. The Balaban J connectivity index is 3.36. The van der Waals surface area contributed by atoms with Crippen molar-refractivity contribution >= 4 is 15.8 Å². The summed E-state index contributed by atoms with van der Waals surface area (Å²) in [7, 11) is -3.56. The lowest BCUT2D eigenvalue weighted by atomic mass is 10.6. The third-order valence-corrected chi connectivity index (χ3v) is 2.26. The van der Waals surface area contributed by atoms with Gasteiger partial charge in [0.2, 0.25) is 0 Å². The van der Waals surface area contributed by atoms with E-state index in [1.165, 1.54) is 6.07 Å². The minimum atomic E-state index is -3.56. The van der Waals surface area contributed by atoms with Gasteiger partial charge in [-0.15, -0.1) is 3.97 Å². The Bertz CT molecular complexity index is 405. The van der Waals surface area contributed by atoms with Gasteiger partial charge in [0, 0.05) is 6.07 Å². The summed E-state index contributed by atoms with van der Waals surface area (Å²) < 4.78 is 22.4. The van der Waals surface area contributed by atoms with E-state index in [2.05, 4.69) is 0 Å². The first-order valence-corrected chi connectivity index (χ1v) is 4.80. The van der Waals surface area contributed by atoms with Crippen LogP contribution < -0.4 is 0 Å². The van der Waals surface area contributed by atoms with Gasteiger partial charge < -0.3 is 10.1 Å². The van der Waals surface area contributed by atoms with Crippen molar-refractivity contribution in [2.45, 2.75) is 0 Å². The maximum atomic E-state index is 10.9. The highest BCUT2D eigenvalue weighted by Crippen LogP contribution is 2.13. The molecular formula is C5H6N2O4S. The lowest BCUT2D eigenvalue weighted by Crippen LogP contribution is -2.11. The number of nitrogens with zero attached hydrogens (tertiary/aromatic N) is 2. The third-order valence-electron chi connectivity index (χ3n) is 1.24. The Morgan fingerprint density at radius 1 is 1.58 bits per heavy atom. The van der Waals surface area contributed by atoms with Gasteiger partial charge in [-0.2, -0.15) is 8.42 Å². The van der Waals surface area contributed by atoms with Crippen LogP contribution in [-0.2, 0) is 10.0 Å². The fraction of sp³-hybridized carbons (Fsp3) is 0.200. The topological polar surface area (TPSA) is 82.2 Å². The summed E-state index contributed by atoms with van der Waals surface area (Å²) in [6, 6.07) is 2.43. The lowest BCUT2D eigenvalue weighted by Gasteiger charge is -1.96. The molecule has 66 valence electrons. The van der Waals surface area contributed by atoms with Crippen molar-refractivity contribution in [1.82, 2.24) is 3.97 Å². The molecule has 0 fully saturated rings. The highest BCUT2D eigenvalue weighted by atomic mass is 32.2. The van der Waals surface area contributed by atoms with Crippen molar-refractivity contribution < 1.29 is 13.3 Å². The molecular weight excluding hydrogens is 184 g/mol. The van der Waals surface area contributed by atoms with Gasteiger partial charge in [0.25, 0.3) is 0 Å². The molecule has 0 saturated heterocycles. The number of rotatable bonds is 2. The maximum Gasteiger partial charge on any atom is 0.338 e. The summed E-state index contributed by atoms with van der Waals surface area (Å²) in [6.07, 6.45) is 2.04. The molecule has 0 aliphatic rings. The van der Waals surface area contributed by atoms with Crippen LogP contribution in [0.2, 0.25) is 0 Å². The second-order valence-electron chi connectivity index (χ2n) is 2.18. The Kier molecular flexibility index (Phi) is 1.89. The molecule has 1 aromatic heterocycles. The molecule has 0 amide bonds. The van der Waals surface area contributed by atoms with Gasteiger partial charge in [-0.1, -0.05) is 0 Å². The van der Waals surface area contributed by atoms with Crippen molar-refractivity contribution in [2.75, 3.05) is 6.26 Å². The zero-order chi connectivity index (χ0) is 9.35. The molecule has 1 heterocycles. The first-order valence-electron chi connectivity index (χ1n) is 2.95. The molecule has 0 spiro atoms. The Labute approximate surface area is 68.6 Å². The van der Waals surface area contributed by atoms with Gasteiger partial charge in [-0.05, 0) is 11.0 Å².